The van der Waals surface area contributed by atoms with Gasteiger partial charge in [0.05, 0.1) is 11.5 Å². The minimum atomic E-state index is -3.97. The number of nitrogens with one attached hydrogen (secondary N) is 1. The molecular weight excluding hydrogens is 268 g/mol. The average Bonchev–Trinajstić information content (AvgIpc) is 2.10. The van der Waals surface area contributed by atoms with E-state index in [-0.39, 0.29) is 0 Å². The molecule has 98 valence electrons. The van der Waals surface area contributed by atoms with Crippen molar-refractivity contribution < 1.29 is 30.7 Å². The molecule has 1 atom stereocenters. The Kier molecular flexibility index (Phi) is 5.73. The monoisotopic (exact) mass is 281 g/mol. The van der Waals surface area contributed by atoms with Crippen LogP contribution in [0.25, 0.3) is 0 Å². The Bertz CT molecular complexity index is 405. The smallest absolute Gasteiger partial charge is 0.265 e. The highest BCUT2D eigenvalue weighted by atomic mass is 32.2. The summed E-state index contributed by atoms with van der Waals surface area (Å²) in [6.45, 7) is -0.843. The van der Waals surface area contributed by atoms with E-state index in [4.69, 9.17) is 5.11 Å². The number of hydrogen-bond acceptors (Lipinski definition) is 5. The lowest BCUT2D eigenvalue weighted by molar-refractivity contribution is -0.000446. The van der Waals surface area contributed by atoms with Crippen LogP contribution in [-0.2, 0) is 19.9 Å². The second-order valence-electron chi connectivity index (χ2n) is 3.20. The normalized spacial score (nSPS) is 15.3. The summed E-state index contributed by atoms with van der Waals surface area (Å²) < 4.78 is 68.8. The number of aliphatic hydroxyl groups excluding tert-OH is 1. The lowest BCUT2D eigenvalue weighted by atomic mass is 10.4. The van der Waals surface area contributed by atoms with Crippen molar-refractivity contribution in [3.8, 4) is 0 Å². The lowest BCUT2D eigenvalue weighted by Crippen LogP contribution is -2.38. The van der Waals surface area contributed by atoms with Crippen molar-refractivity contribution in [2.45, 2.75) is 12.5 Å². The van der Waals surface area contributed by atoms with Gasteiger partial charge >= 0.3 is 0 Å². The first-order valence-corrected chi connectivity index (χ1v) is 7.86. The summed E-state index contributed by atoms with van der Waals surface area (Å²) in [5.41, 5.74) is 0. The highest BCUT2D eigenvalue weighted by Crippen LogP contribution is 1.99. The van der Waals surface area contributed by atoms with Gasteiger partial charge in [-0.15, -0.1) is 0 Å². The molecule has 0 aromatic heterocycles. The van der Waals surface area contributed by atoms with Crippen LogP contribution in [0.2, 0.25) is 0 Å². The largest absolute Gasteiger partial charge is 0.386 e. The van der Waals surface area contributed by atoms with Gasteiger partial charge in [0.2, 0.25) is 10.0 Å². The summed E-state index contributed by atoms with van der Waals surface area (Å²) in [6, 6.07) is 0. The number of alkyl halides is 2. The zero-order valence-corrected chi connectivity index (χ0v) is 10.1. The van der Waals surface area contributed by atoms with Crippen LogP contribution in [0.4, 0.5) is 8.78 Å². The maximum atomic E-state index is 11.8. The molecule has 0 fully saturated rings. The maximum absolute atomic E-state index is 11.8. The van der Waals surface area contributed by atoms with Gasteiger partial charge in [-0.2, -0.15) is 0 Å². The minimum absolute atomic E-state index is 0.604. The number of aliphatic hydroxyl groups is 1. The molecule has 0 aromatic carbocycles. The fourth-order valence-electron chi connectivity index (χ4n) is 0.635. The van der Waals surface area contributed by atoms with Crippen LogP contribution in [0.5, 0.6) is 0 Å². The summed E-state index contributed by atoms with van der Waals surface area (Å²) in [7, 11) is -7.41. The molecule has 16 heavy (non-hydrogen) atoms. The third kappa shape index (κ3) is 7.91. The van der Waals surface area contributed by atoms with Gasteiger partial charge in [0.15, 0.2) is 0 Å². The molecule has 1 unspecified atom stereocenters. The van der Waals surface area contributed by atoms with E-state index in [0.717, 1.165) is 6.26 Å². The molecular formula is C6H13F2NO5S2. The molecule has 0 aliphatic rings. The Morgan fingerprint density at radius 1 is 1.19 bits per heavy atom. The van der Waals surface area contributed by atoms with E-state index in [1.54, 1.807) is 4.72 Å². The van der Waals surface area contributed by atoms with Crippen LogP contribution < -0.4 is 4.72 Å². The first kappa shape index (κ1) is 15.7. The van der Waals surface area contributed by atoms with Crippen molar-refractivity contribution in [3.63, 3.8) is 0 Å². The molecule has 0 amide bonds. The van der Waals surface area contributed by atoms with Crippen LogP contribution in [0.15, 0.2) is 0 Å². The molecule has 10 heteroatoms. The van der Waals surface area contributed by atoms with Crippen molar-refractivity contribution in [3.05, 3.63) is 0 Å². The SMILES string of the molecule is CS(=O)(=O)CCS(=O)(=O)NCC(O)C(F)F. The van der Waals surface area contributed by atoms with Crippen LogP contribution in [0.1, 0.15) is 0 Å². The standard InChI is InChI=1S/C6H13F2NO5S2/c1-15(11,12)2-3-16(13,14)9-4-5(10)6(7)8/h5-6,9-10H,2-4H2,1H3. The summed E-state index contributed by atoms with van der Waals surface area (Å²) in [6.07, 6.45) is -4.30. The fraction of sp³-hybridized carbons (Fsp3) is 1.00. The van der Waals surface area contributed by atoms with Crippen LogP contribution in [-0.4, -0.2) is 58.8 Å². The van der Waals surface area contributed by atoms with Gasteiger partial charge in [-0.3, -0.25) is 0 Å². The number of sulfone groups is 1. The zero-order chi connectivity index (χ0) is 13.0. The molecule has 0 spiro atoms. The lowest BCUT2D eigenvalue weighted by Gasteiger charge is -2.10. The molecule has 0 radical (unpaired) electrons. The van der Waals surface area contributed by atoms with Crippen LogP contribution in [0.3, 0.4) is 0 Å². The van der Waals surface area contributed by atoms with E-state index in [2.05, 4.69) is 0 Å². The predicted molar refractivity (Wildman–Crippen MR) is 53.5 cm³/mol. The molecule has 0 heterocycles. The fourth-order valence-corrected chi connectivity index (χ4v) is 3.29. The Morgan fingerprint density at radius 2 is 1.69 bits per heavy atom. The molecule has 0 saturated carbocycles. The topological polar surface area (TPSA) is 101 Å². The van der Waals surface area contributed by atoms with Gasteiger partial charge in [-0.1, -0.05) is 0 Å². The van der Waals surface area contributed by atoms with E-state index < -0.39 is 50.4 Å². The van der Waals surface area contributed by atoms with E-state index >= 15 is 0 Å². The summed E-state index contributed by atoms with van der Waals surface area (Å²) in [5.74, 6) is -1.32. The van der Waals surface area contributed by atoms with Gasteiger partial charge in [0.25, 0.3) is 6.43 Å². The van der Waals surface area contributed by atoms with E-state index in [0.29, 0.717) is 0 Å². The third-order valence-corrected chi connectivity index (χ3v) is 4.08. The number of rotatable bonds is 7. The second-order valence-corrected chi connectivity index (χ2v) is 7.39. The second kappa shape index (κ2) is 5.84. The van der Waals surface area contributed by atoms with Crippen molar-refractivity contribution in [2.75, 3.05) is 24.3 Å². The predicted octanol–water partition coefficient (Wildman–Crippen LogP) is -1.42. The quantitative estimate of drug-likeness (QED) is 0.596. The van der Waals surface area contributed by atoms with Gasteiger partial charge in [-0.25, -0.2) is 30.3 Å². The number of hydrogen-bond donors (Lipinski definition) is 2. The Balaban J connectivity index is 4.17. The van der Waals surface area contributed by atoms with Gasteiger partial charge in [-0.05, 0) is 0 Å². The van der Waals surface area contributed by atoms with Gasteiger partial charge in [0.1, 0.15) is 15.9 Å². The average molecular weight is 281 g/mol. The van der Waals surface area contributed by atoms with E-state index in [1.165, 1.54) is 0 Å². The minimum Gasteiger partial charge on any atom is -0.386 e. The van der Waals surface area contributed by atoms with E-state index in [1.807, 2.05) is 0 Å². The molecule has 2 N–H and O–H groups in total. The molecule has 0 rings (SSSR count). The molecule has 0 aliphatic heterocycles. The zero-order valence-electron chi connectivity index (χ0n) is 8.43. The van der Waals surface area contributed by atoms with Crippen molar-refractivity contribution in [2.24, 2.45) is 0 Å². The first-order chi connectivity index (χ1) is 7.03. The molecule has 0 saturated heterocycles. The van der Waals surface area contributed by atoms with Crippen LogP contribution >= 0.6 is 0 Å². The van der Waals surface area contributed by atoms with Crippen molar-refractivity contribution in [1.82, 2.24) is 4.72 Å². The first-order valence-electron chi connectivity index (χ1n) is 4.15. The highest BCUT2D eigenvalue weighted by Gasteiger charge is 2.20. The van der Waals surface area contributed by atoms with Crippen LogP contribution in [0, 0.1) is 0 Å². The third-order valence-electron chi connectivity index (χ3n) is 1.53. The van der Waals surface area contributed by atoms with Crippen molar-refractivity contribution in [1.29, 1.82) is 0 Å². The highest BCUT2D eigenvalue weighted by molar-refractivity contribution is 7.93. The summed E-state index contributed by atoms with van der Waals surface area (Å²) >= 11 is 0. The maximum Gasteiger partial charge on any atom is 0.265 e. The molecule has 6 nitrogen and oxygen atoms in total. The Morgan fingerprint density at radius 3 is 2.06 bits per heavy atom. The van der Waals surface area contributed by atoms with E-state index in [9.17, 15) is 25.6 Å². The Hall–Kier alpha value is -0.320. The van der Waals surface area contributed by atoms with Gasteiger partial charge in [0, 0.05) is 12.8 Å². The number of sulfonamides is 1. The van der Waals surface area contributed by atoms with Crippen molar-refractivity contribution >= 4 is 19.9 Å². The molecule has 0 aliphatic carbocycles. The Labute approximate surface area is 92.6 Å². The summed E-state index contributed by atoms with van der Waals surface area (Å²) in [5, 5.41) is 8.62. The molecule has 0 aromatic rings. The number of halogens is 2. The summed E-state index contributed by atoms with van der Waals surface area (Å²) in [4.78, 5) is 0. The van der Waals surface area contributed by atoms with Gasteiger partial charge < -0.3 is 5.11 Å². The molecule has 0 bridgehead atoms.